The zero-order valence-electron chi connectivity index (χ0n) is 10.5. The van der Waals surface area contributed by atoms with E-state index in [1.807, 2.05) is 6.92 Å². The largest absolute Gasteiger partial charge is 0.369 e. The van der Waals surface area contributed by atoms with Crippen LogP contribution in [-0.4, -0.2) is 17.9 Å². The molecule has 0 saturated heterocycles. The van der Waals surface area contributed by atoms with E-state index < -0.39 is 0 Å². The summed E-state index contributed by atoms with van der Waals surface area (Å²) < 4.78 is 0. The lowest BCUT2D eigenvalue weighted by atomic mass is 10.1. The maximum absolute atomic E-state index is 11.6. The number of hydrogen-bond acceptors (Lipinski definition) is 3. The Morgan fingerprint density at radius 1 is 1.28 bits per heavy atom. The van der Waals surface area contributed by atoms with Gasteiger partial charge in [0.2, 0.25) is 11.8 Å². The van der Waals surface area contributed by atoms with Gasteiger partial charge in [0.05, 0.1) is 6.42 Å². The van der Waals surface area contributed by atoms with Gasteiger partial charge in [-0.2, -0.15) is 0 Å². The molecule has 18 heavy (non-hydrogen) atoms. The number of rotatable bonds is 6. The minimum atomic E-state index is -0.374. The number of carbonyl (C=O) groups is 2. The van der Waals surface area contributed by atoms with Crippen molar-refractivity contribution >= 4 is 17.5 Å². The van der Waals surface area contributed by atoms with E-state index >= 15 is 0 Å². The second kappa shape index (κ2) is 6.76. The van der Waals surface area contributed by atoms with Crippen molar-refractivity contribution in [2.75, 3.05) is 5.32 Å². The minimum Gasteiger partial charge on any atom is -0.369 e. The van der Waals surface area contributed by atoms with Crippen LogP contribution in [0.15, 0.2) is 24.3 Å². The summed E-state index contributed by atoms with van der Waals surface area (Å²) in [6.45, 7) is 1.94. The highest BCUT2D eigenvalue weighted by atomic mass is 16.1. The second-order valence-corrected chi connectivity index (χ2v) is 4.26. The molecular formula is C13H19N3O2. The summed E-state index contributed by atoms with van der Waals surface area (Å²) >= 11 is 0. The Balaban J connectivity index is 2.53. The average Bonchev–Trinajstić information content (AvgIpc) is 2.30. The fourth-order valence-corrected chi connectivity index (χ4v) is 1.50. The molecule has 5 heteroatoms. The summed E-state index contributed by atoms with van der Waals surface area (Å²) in [6, 6.07) is 6.90. The Hall–Kier alpha value is -1.88. The number of amides is 2. The molecule has 98 valence electrons. The van der Waals surface area contributed by atoms with E-state index in [1.54, 1.807) is 24.3 Å². The molecule has 1 aromatic carbocycles. The van der Waals surface area contributed by atoms with Crippen molar-refractivity contribution in [3.8, 4) is 0 Å². The van der Waals surface area contributed by atoms with E-state index in [1.165, 1.54) is 0 Å². The van der Waals surface area contributed by atoms with Crippen LogP contribution in [0.3, 0.4) is 0 Å². The van der Waals surface area contributed by atoms with E-state index in [0.29, 0.717) is 12.1 Å². The van der Waals surface area contributed by atoms with Gasteiger partial charge < -0.3 is 16.8 Å². The summed E-state index contributed by atoms with van der Waals surface area (Å²) in [4.78, 5) is 22.3. The van der Waals surface area contributed by atoms with Crippen LogP contribution in [0.5, 0.6) is 0 Å². The first-order chi connectivity index (χ1) is 8.51. The molecule has 5 nitrogen and oxygen atoms in total. The molecule has 1 unspecified atom stereocenters. The van der Waals surface area contributed by atoms with Crippen molar-refractivity contribution in [1.29, 1.82) is 0 Å². The summed E-state index contributed by atoms with van der Waals surface area (Å²) in [5, 5.41) is 2.75. The number of nitrogens with two attached hydrogens (primary N) is 2. The molecule has 2 amide bonds. The van der Waals surface area contributed by atoms with E-state index in [-0.39, 0.29) is 24.3 Å². The third-order valence-corrected chi connectivity index (χ3v) is 2.59. The maximum Gasteiger partial charge on any atom is 0.225 e. The van der Waals surface area contributed by atoms with Crippen molar-refractivity contribution in [3.63, 3.8) is 0 Å². The summed E-state index contributed by atoms with van der Waals surface area (Å²) in [7, 11) is 0. The van der Waals surface area contributed by atoms with Crippen molar-refractivity contribution in [1.82, 2.24) is 0 Å². The van der Waals surface area contributed by atoms with Gasteiger partial charge in [-0.25, -0.2) is 0 Å². The molecule has 0 radical (unpaired) electrons. The third-order valence-electron chi connectivity index (χ3n) is 2.59. The SMILES string of the molecule is CCC(N)CC(=O)Nc1ccc(CC(N)=O)cc1. The zero-order valence-corrected chi connectivity index (χ0v) is 10.5. The smallest absolute Gasteiger partial charge is 0.225 e. The highest BCUT2D eigenvalue weighted by molar-refractivity contribution is 5.91. The normalized spacial score (nSPS) is 11.9. The second-order valence-electron chi connectivity index (χ2n) is 4.26. The molecule has 1 rings (SSSR count). The Labute approximate surface area is 107 Å². The van der Waals surface area contributed by atoms with Crippen molar-refractivity contribution < 1.29 is 9.59 Å². The van der Waals surface area contributed by atoms with Gasteiger partial charge in [-0.1, -0.05) is 19.1 Å². The first kappa shape index (κ1) is 14.2. The van der Waals surface area contributed by atoms with E-state index in [2.05, 4.69) is 5.32 Å². The van der Waals surface area contributed by atoms with Crippen LogP contribution < -0.4 is 16.8 Å². The fourth-order valence-electron chi connectivity index (χ4n) is 1.50. The lowest BCUT2D eigenvalue weighted by Gasteiger charge is -2.09. The Morgan fingerprint density at radius 2 is 1.89 bits per heavy atom. The highest BCUT2D eigenvalue weighted by Gasteiger charge is 2.07. The number of primary amides is 1. The van der Waals surface area contributed by atoms with E-state index in [0.717, 1.165) is 12.0 Å². The van der Waals surface area contributed by atoms with Crippen LogP contribution >= 0.6 is 0 Å². The first-order valence-electron chi connectivity index (χ1n) is 5.94. The Bertz CT molecular complexity index is 415. The third kappa shape index (κ3) is 4.97. The number of benzene rings is 1. The van der Waals surface area contributed by atoms with Gasteiger partial charge in [0, 0.05) is 18.2 Å². The predicted octanol–water partition coefficient (Wildman–Crippen LogP) is 0.780. The van der Waals surface area contributed by atoms with Gasteiger partial charge in [-0.3, -0.25) is 9.59 Å². The van der Waals surface area contributed by atoms with E-state index in [9.17, 15) is 9.59 Å². The van der Waals surface area contributed by atoms with Crippen molar-refractivity contribution in [3.05, 3.63) is 29.8 Å². The summed E-state index contributed by atoms with van der Waals surface area (Å²) in [5.41, 5.74) is 12.3. The molecule has 0 aliphatic carbocycles. The van der Waals surface area contributed by atoms with Crippen molar-refractivity contribution in [2.45, 2.75) is 32.2 Å². The molecular weight excluding hydrogens is 230 g/mol. The van der Waals surface area contributed by atoms with Crippen LogP contribution in [-0.2, 0) is 16.0 Å². The van der Waals surface area contributed by atoms with Crippen LogP contribution in [0, 0.1) is 0 Å². The Kier molecular flexibility index (Phi) is 5.32. The molecule has 0 aliphatic rings. The number of carbonyl (C=O) groups excluding carboxylic acids is 2. The molecule has 1 atom stereocenters. The van der Waals surface area contributed by atoms with Crippen LogP contribution in [0.2, 0.25) is 0 Å². The van der Waals surface area contributed by atoms with Gasteiger partial charge in [0.25, 0.3) is 0 Å². The van der Waals surface area contributed by atoms with Crippen LogP contribution in [0.25, 0.3) is 0 Å². The number of anilines is 1. The molecule has 0 spiro atoms. The quantitative estimate of drug-likeness (QED) is 0.694. The Morgan fingerprint density at radius 3 is 2.39 bits per heavy atom. The maximum atomic E-state index is 11.6. The topological polar surface area (TPSA) is 98.2 Å². The number of hydrogen-bond donors (Lipinski definition) is 3. The molecule has 0 saturated carbocycles. The van der Waals surface area contributed by atoms with Crippen molar-refractivity contribution in [2.24, 2.45) is 11.5 Å². The molecule has 0 heterocycles. The number of nitrogens with one attached hydrogen (secondary N) is 1. The molecule has 5 N–H and O–H groups in total. The summed E-state index contributed by atoms with van der Waals surface area (Å²) in [6.07, 6.45) is 1.28. The minimum absolute atomic E-state index is 0.105. The fraction of sp³-hybridized carbons (Fsp3) is 0.385. The molecule has 0 aliphatic heterocycles. The van der Waals surface area contributed by atoms with Gasteiger partial charge >= 0.3 is 0 Å². The lowest BCUT2D eigenvalue weighted by molar-refractivity contribution is -0.117. The van der Waals surface area contributed by atoms with E-state index in [4.69, 9.17) is 11.5 Å². The standard InChI is InChI=1S/C13H19N3O2/c1-2-10(14)8-13(18)16-11-5-3-9(4-6-11)7-12(15)17/h3-6,10H,2,7-8,14H2,1H3,(H2,15,17)(H,16,18). The van der Waals surface area contributed by atoms with Crippen LogP contribution in [0.4, 0.5) is 5.69 Å². The average molecular weight is 249 g/mol. The first-order valence-corrected chi connectivity index (χ1v) is 5.94. The molecule has 1 aromatic rings. The van der Waals surface area contributed by atoms with Gasteiger partial charge in [-0.05, 0) is 24.1 Å². The molecule has 0 bridgehead atoms. The zero-order chi connectivity index (χ0) is 13.5. The van der Waals surface area contributed by atoms with Gasteiger partial charge in [-0.15, -0.1) is 0 Å². The summed E-state index contributed by atoms with van der Waals surface area (Å²) in [5.74, 6) is -0.479. The van der Waals surface area contributed by atoms with Crippen LogP contribution in [0.1, 0.15) is 25.3 Å². The van der Waals surface area contributed by atoms with Gasteiger partial charge in [0.15, 0.2) is 0 Å². The monoisotopic (exact) mass is 249 g/mol. The lowest BCUT2D eigenvalue weighted by Crippen LogP contribution is -2.26. The molecule has 0 fully saturated rings. The predicted molar refractivity (Wildman–Crippen MR) is 70.9 cm³/mol. The van der Waals surface area contributed by atoms with Gasteiger partial charge in [0.1, 0.15) is 0 Å². The highest BCUT2D eigenvalue weighted by Crippen LogP contribution is 2.10. The molecule has 0 aromatic heterocycles.